The molecule has 4 nitrogen and oxygen atoms in total. The van der Waals surface area contributed by atoms with E-state index in [0.29, 0.717) is 5.02 Å². The van der Waals surface area contributed by atoms with Gasteiger partial charge in [-0.15, -0.1) is 0 Å². The molecule has 0 spiro atoms. The molecule has 0 amide bonds. The van der Waals surface area contributed by atoms with E-state index >= 15 is 4.57 Å². The lowest BCUT2D eigenvalue weighted by molar-refractivity contribution is 0.159. The highest BCUT2D eigenvalue weighted by Gasteiger charge is 2.40. The van der Waals surface area contributed by atoms with Crippen LogP contribution in [-0.2, 0) is 9.09 Å². The van der Waals surface area contributed by atoms with Crippen molar-refractivity contribution in [1.82, 2.24) is 0 Å². The van der Waals surface area contributed by atoms with Crippen molar-refractivity contribution < 1.29 is 9.09 Å². The van der Waals surface area contributed by atoms with Crippen molar-refractivity contribution in [3.8, 4) is 0 Å². The fraction of sp³-hybridized carbons (Fsp3) is 0.333. The highest BCUT2D eigenvalue weighted by molar-refractivity contribution is 7.67. The number of nitrogens with one attached hydrogen (secondary N) is 1. The van der Waals surface area contributed by atoms with Gasteiger partial charge in [0, 0.05) is 35.8 Å². The van der Waals surface area contributed by atoms with Gasteiger partial charge in [-0.05, 0) is 66.9 Å². The molecule has 1 aliphatic carbocycles. The van der Waals surface area contributed by atoms with Gasteiger partial charge in [0.25, 0.3) is 7.37 Å². The number of halogens is 1. The topological polar surface area (TPSA) is 41.6 Å². The summed E-state index contributed by atoms with van der Waals surface area (Å²) in [6.07, 6.45) is 5.32. The summed E-state index contributed by atoms with van der Waals surface area (Å²) in [4.78, 5) is 2.04. The van der Waals surface area contributed by atoms with Crippen LogP contribution in [0, 0.1) is 0 Å². The molecule has 6 heteroatoms. The van der Waals surface area contributed by atoms with Crippen molar-refractivity contribution >= 4 is 35.6 Å². The van der Waals surface area contributed by atoms with Gasteiger partial charge < -0.3 is 14.7 Å². The first-order chi connectivity index (χ1) is 16.0. The van der Waals surface area contributed by atoms with Crippen molar-refractivity contribution in [3.05, 3.63) is 89.4 Å². The van der Waals surface area contributed by atoms with Gasteiger partial charge in [-0.2, -0.15) is 0 Å². The van der Waals surface area contributed by atoms with Crippen LogP contribution in [0.2, 0.25) is 5.02 Å². The zero-order valence-electron chi connectivity index (χ0n) is 19.3. The van der Waals surface area contributed by atoms with E-state index in [1.54, 1.807) is 0 Å². The minimum Gasteiger partial charge on any atom is -0.378 e. The van der Waals surface area contributed by atoms with E-state index in [2.05, 4.69) is 5.32 Å². The standard InChI is InChI=1S/C27H32ClN2O2P/c1-30(2)24-17-19-26(20-18-24)33(31,32-25-11-7-4-8-12-25)27(21-13-15-22(28)16-14-21)29-23-9-5-3-6-10-23/h3,5-6,9-10,13-20,25,27,29H,4,7-8,11-12H2,1-2H3. The summed E-state index contributed by atoms with van der Waals surface area (Å²) in [6.45, 7) is 0. The second-order valence-electron chi connectivity index (χ2n) is 8.84. The average Bonchev–Trinajstić information content (AvgIpc) is 2.84. The molecule has 3 aromatic rings. The van der Waals surface area contributed by atoms with Gasteiger partial charge in [-0.3, -0.25) is 4.57 Å². The number of benzene rings is 3. The van der Waals surface area contributed by atoms with Crippen molar-refractivity contribution in [1.29, 1.82) is 0 Å². The summed E-state index contributed by atoms with van der Waals surface area (Å²) >= 11 is 6.19. The van der Waals surface area contributed by atoms with E-state index in [1.807, 2.05) is 97.9 Å². The number of hydrogen-bond acceptors (Lipinski definition) is 4. The molecule has 0 heterocycles. The molecule has 0 saturated heterocycles. The molecule has 1 saturated carbocycles. The van der Waals surface area contributed by atoms with Crippen LogP contribution in [0.15, 0.2) is 78.9 Å². The molecular weight excluding hydrogens is 451 g/mol. The Morgan fingerprint density at radius 1 is 0.909 bits per heavy atom. The van der Waals surface area contributed by atoms with Crippen LogP contribution >= 0.6 is 19.0 Å². The van der Waals surface area contributed by atoms with E-state index < -0.39 is 13.2 Å². The molecule has 2 unspecified atom stereocenters. The first-order valence-corrected chi connectivity index (χ1v) is 13.7. The summed E-state index contributed by atoms with van der Waals surface area (Å²) in [7, 11) is 0.626. The Morgan fingerprint density at radius 3 is 2.15 bits per heavy atom. The van der Waals surface area contributed by atoms with Crippen LogP contribution in [0.3, 0.4) is 0 Å². The third-order valence-corrected chi connectivity index (χ3v) is 9.18. The second-order valence-corrected chi connectivity index (χ2v) is 11.7. The van der Waals surface area contributed by atoms with Gasteiger partial charge in [0.1, 0.15) is 5.78 Å². The number of anilines is 2. The molecule has 0 aliphatic heterocycles. The maximum absolute atomic E-state index is 15.0. The summed E-state index contributed by atoms with van der Waals surface area (Å²) in [5, 5.41) is 4.91. The van der Waals surface area contributed by atoms with Crippen LogP contribution in [0.5, 0.6) is 0 Å². The van der Waals surface area contributed by atoms with Gasteiger partial charge in [-0.25, -0.2) is 0 Å². The van der Waals surface area contributed by atoms with Crippen molar-refractivity contribution in [2.45, 2.75) is 44.0 Å². The molecule has 0 radical (unpaired) electrons. The molecule has 1 N–H and O–H groups in total. The fourth-order valence-electron chi connectivity index (χ4n) is 4.32. The third-order valence-electron chi connectivity index (χ3n) is 6.19. The zero-order chi connectivity index (χ0) is 23.3. The monoisotopic (exact) mass is 482 g/mol. The minimum atomic E-state index is -3.38. The molecule has 174 valence electrons. The Balaban J connectivity index is 1.80. The smallest absolute Gasteiger partial charge is 0.258 e. The van der Waals surface area contributed by atoms with E-state index in [1.165, 1.54) is 6.42 Å². The lowest BCUT2D eigenvalue weighted by Crippen LogP contribution is -2.25. The first kappa shape index (κ1) is 23.9. The van der Waals surface area contributed by atoms with Crippen LogP contribution in [0.1, 0.15) is 43.5 Å². The van der Waals surface area contributed by atoms with Gasteiger partial charge in [0.05, 0.1) is 6.10 Å². The fourth-order valence-corrected chi connectivity index (χ4v) is 7.09. The first-order valence-electron chi connectivity index (χ1n) is 11.6. The molecule has 4 rings (SSSR count). The molecular formula is C27H32ClN2O2P. The quantitative estimate of drug-likeness (QED) is 0.338. The minimum absolute atomic E-state index is 0.00881. The Hall–Kier alpha value is -2.26. The lowest BCUT2D eigenvalue weighted by atomic mass is 9.98. The van der Waals surface area contributed by atoms with Gasteiger partial charge >= 0.3 is 0 Å². The number of para-hydroxylation sites is 1. The molecule has 1 fully saturated rings. The third kappa shape index (κ3) is 5.81. The summed E-state index contributed by atoms with van der Waals surface area (Å²) in [5.74, 6) is -0.538. The predicted octanol–water partition coefficient (Wildman–Crippen LogP) is 7.47. The highest BCUT2D eigenvalue weighted by atomic mass is 35.5. The Bertz CT molecular complexity index is 1070. The van der Waals surface area contributed by atoms with Gasteiger partial charge in [-0.1, -0.05) is 61.2 Å². The van der Waals surface area contributed by atoms with E-state index in [4.69, 9.17) is 16.1 Å². The Labute approximate surface area is 202 Å². The van der Waals surface area contributed by atoms with E-state index in [-0.39, 0.29) is 6.10 Å². The molecule has 0 aromatic heterocycles. The summed E-state index contributed by atoms with van der Waals surface area (Å²) in [5.41, 5.74) is 2.84. The van der Waals surface area contributed by atoms with Crippen molar-refractivity contribution in [2.24, 2.45) is 0 Å². The Morgan fingerprint density at radius 2 is 1.55 bits per heavy atom. The number of nitrogens with zero attached hydrogens (tertiary/aromatic N) is 1. The average molecular weight is 483 g/mol. The van der Waals surface area contributed by atoms with Gasteiger partial charge in [0.2, 0.25) is 0 Å². The highest BCUT2D eigenvalue weighted by Crippen LogP contribution is 2.60. The largest absolute Gasteiger partial charge is 0.378 e. The van der Waals surface area contributed by atoms with E-state index in [0.717, 1.165) is 47.9 Å². The van der Waals surface area contributed by atoms with Crippen molar-refractivity contribution in [2.75, 3.05) is 24.3 Å². The zero-order valence-corrected chi connectivity index (χ0v) is 20.9. The Kier molecular flexibility index (Phi) is 7.80. The molecule has 33 heavy (non-hydrogen) atoms. The molecule has 0 bridgehead atoms. The summed E-state index contributed by atoms with van der Waals surface area (Å²) in [6, 6.07) is 25.4. The number of hydrogen-bond donors (Lipinski definition) is 1. The predicted molar refractivity (Wildman–Crippen MR) is 140 cm³/mol. The van der Waals surface area contributed by atoms with Crippen LogP contribution in [0.4, 0.5) is 11.4 Å². The maximum Gasteiger partial charge on any atom is 0.258 e. The summed E-state index contributed by atoms with van der Waals surface area (Å²) < 4.78 is 21.7. The maximum atomic E-state index is 15.0. The molecule has 3 aromatic carbocycles. The van der Waals surface area contributed by atoms with E-state index in [9.17, 15) is 0 Å². The van der Waals surface area contributed by atoms with Crippen molar-refractivity contribution in [3.63, 3.8) is 0 Å². The number of rotatable bonds is 8. The second kappa shape index (κ2) is 10.8. The van der Waals surface area contributed by atoms with Crippen LogP contribution in [-0.4, -0.2) is 20.2 Å². The lowest BCUT2D eigenvalue weighted by Gasteiger charge is -2.34. The van der Waals surface area contributed by atoms with Crippen LogP contribution < -0.4 is 15.5 Å². The SMILES string of the molecule is CN(C)c1ccc(P(=O)(OC2CCCCC2)C(Nc2ccccc2)c2ccc(Cl)cc2)cc1. The molecule has 2 atom stereocenters. The van der Waals surface area contributed by atoms with Crippen LogP contribution in [0.25, 0.3) is 0 Å². The normalized spacial score (nSPS) is 17.2. The molecule has 1 aliphatic rings. The van der Waals surface area contributed by atoms with Gasteiger partial charge in [0.15, 0.2) is 0 Å².